The molecule has 5 nitrogen and oxygen atoms in total. The molecule has 0 spiro atoms. The molecule has 0 bridgehead atoms. The Balaban J connectivity index is 4.19. The van der Waals surface area contributed by atoms with Crippen molar-refractivity contribution < 1.29 is 32.2 Å². The van der Waals surface area contributed by atoms with Crippen molar-refractivity contribution in [2.45, 2.75) is 6.10 Å². The Morgan fingerprint density at radius 3 is 1.76 bits per heavy atom. The Kier molecular flexibility index (Phi) is 6.92. The summed E-state index contributed by atoms with van der Waals surface area (Å²) >= 11 is 0. The van der Waals surface area contributed by atoms with Gasteiger partial charge in [0, 0.05) is 0 Å². The second kappa shape index (κ2) is 7.10. The van der Waals surface area contributed by atoms with E-state index in [-0.39, 0.29) is 26.4 Å². The molecule has 0 saturated heterocycles. The molecule has 0 amide bonds. The zero-order chi connectivity index (χ0) is 13.4. The van der Waals surface area contributed by atoms with Crippen LogP contribution in [0.3, 0.4) is 0 Å². The molecule has 0 unspecified atom stereocenters. The Bertz CT molecular complexity index is 230. The van der Waals surface area contributed by atoms with Crippen LogP contribution in [0.2, 0.25) is 0 Å². The summed E-state index contributed by atoms with van der Waals surface area (Å²) in [7, 11) is -7.01. The van der Waals surface area contributed by atoms with Gasteiger partial charge in [-0.05, 0) is 0 Å². The van der Waals surface area contributed by atoms with Crippen molar-refractivity contribution in [2.75, 3.05) is 26.4 Å². The van der Waals surface area contributed by atoms with E-state index in [1.54, 1.807) is 0 Å². The molecule has 0 aromatic heterocycles. The molecule has 0 aliphatic carbocycles. The Morgan fingerprint density at radius 1 is 1.06 bits per heavy atom. The predicted octanol–water partition coefficient (Wildman–Crippen LogP) is 1.83. The maximum atomic E-state index is 12.5. The summed E-state index contributed by atoms with van der Waals surface area (Å²) in [5, 5.41) is 0. The van der Waals surface area contributed by atoms with Gasteiger partial charge in [0.25, 0.3) is 0 Å². The third kappa shape index (κ3) is 11.8. The van der Waals surface area contributed by atoms with Crippen molar-refractivity contribution in [2.24, 2.45) is 0 Å². The van der Waals surface area contributed by atoms with Gasteiger partial charge in [-0.2, -0.15) is 0 Å². The number of ether oxygens (including phenoxy) is 2. The number of rotatable bonds is 10. The van der Waals surface area contributed by atoms with Gasteiger partial charge in [0.2, 0.25) is 0 Å². The Labute approximate surface area is 98.7 Å². The van der Waals surface area contributed by atoms with Crippen LogP contribution in [0.25, 0.3) is 0 Å². The molecule has 102 valence electrons. The van der Waals surface area contributed by atoms with Crippen molar-refractivity contribution >= 4 is 7.91 Å². The molecule has 0 aliphatic heterocycles. The van der Waals surface area contributed by atoms with Crippen LogP contribution in [0.15, 0.2) is 25.3 Å². The van der Waals surface area contributed by atoms with Gasteiger partial charge in [-0.15, -0.1) is 0 Å². The van der Waals surface area contributed by atoms with Crippen molar-refractivity contribution in [3.8, 4) is 0 Å². The summed E-state index contributed by atoms with van der Waals surface area (Å²) in [4.78, 5) is 16.7. The van der Waals surface area contributed by atoms with Gasteiger partial charge >= 0.3 is 97.9 Å². The molecule has 0 fully saturated rings. The Hall–Kier alpha value is -0.430. The van der Waals surface area contributed by atoms with Crippen LogP contribution in [0, 0.1) is 0 Å². The topological polar surface area (TPSA) is 68.2 Å². The predicted molar refractivity (Wildman–Crippen MR) is 60.5 cm³/mol. The fourth-order valence-electron chi connectivity index (χ4n) is 0.921. The second-order valence-corrected chi connectivity index (χ2v) is 4.86. The molecular formula is C9H17F2O5P. The first-order chi connectivity index (χ1) is 7.74. The summed E-state index contributed by atoms with van der Waals surface area (Å²) in [5.74, 6) is 0. The summed E-state index contributed by atoms with van der Waals surface area (Å²) < 4.78 is 38.8. The van der Waals surface area contributed by atoms with Crippen molar-refractivity contribution in [1.29, 1.82) is 0 Å². The SMILES string of the molecule is C=CCOCC(COCC=C)OP(O)(O)(F)F. The van der Waals surface area contributed by atoms with Crippen molar-refractivity contribution in [1.82, 2.24) is 0 Å². The number of hydrogen-bond acceptors (Lipinski definition) is 5. The molecular weight excluding hydrogens is 257 g/mol. The van der Waals surface area contributed by atoms with E-state index in [0.717, 1.165) is 0 Å². The molecule has 0 aliphatic rings. The van der Waals surface area contributed by atoms with E-state index in [1.807, 2.05) is 0 Å². The minimum absolute atomic E-state index is 0.132. The van der Waals surface area contributed by atoms with Crippen LogP contribution in [0.1, 0.15) is 0 Å². The van der Waals surface area contributed by atoms with Crippen LogP contribution in [-0.4, -0.2) is 42.3 Å². The average molecular weight is 274 g/mol. The van der Waals surface area contributed by atoms with Gasteiger partial charge in [0.15, 0.2) is 0 Å². The van der Waals surface area contributed by atoms with Crippen LogP contribution in [-0.2, 0) is 14.0 Å². The fourth-order valence-corrected chi connectivity index (χ4v) is 1.53. The molecule has 0 aromatic rings. The van der Waals surface area contributed by atoms with E-state index >= 15 is 0 Å². The normalized spacial score (nSPS) is 14.3. The van der Waals surface area contributed by atoms with E-state index < -0.39 is 14.0 Å². The summed E-state index contributed by atoms with van der Waals surface area (Å²) in [6.45, 7) is 6.47. The quantitative estimate of drug-likeness (QED) is 0.361. The van der Waals surface area contributed by atoms with Gasteiger partial charge < -0.3 is 0 Å². The molecule has 0 saturated carbocycles. The van der Waals surface area contributed by atoms with Crippen LogP contribution in [0.4, 0.5) is 8.39 Å². The molecule has 0 rings (SSSR count). The summed E-state index contributed by atoms with van der Waals surface area (Å²) in [6.07, 6.45) is 1.56. The first-order valence-electron chi connectivity index (χ1n) is 4.76. The van der Waals surface area contributed by atoms with Gasteiger partial charge in [-0.25, -0.2) is 0 Å². The number of halogens is 2. The van der Waals surface area contributed by atoms with Gasteiger partial charge in [0.1, 0.15) is 0 Å². The monoisotopic (exact) mass is 274 g/mol. The van der Waals surface area contributed by atoms with E-state index in [0.29, 0.717) is 0 Å². The molecule has 8 heteroatoms. The van der Waals surface area contributed by atoms with E-state index in [4.69, 9.17) is 19.3 Å². The third-order valence-corrected chi connectivity index (χ3v) is 2.05. The Morgan fingerprint density at radius 2 is 1.47 bits per heavy atom. The average Bonchev–Trinajstić information content (AvgIpc) is 2.15. The third-order valence-electron chi connectivity index (χ3n) is 1.40. The molecule has 0 atom stereocenters. The molecule has 0 heterocycles. The van der Waals surface area contributed by atoms with Crippen molar-refractivity contribution in [3.63, 3.8) is 0 Å². The first kappa shape index (κ1) is 16.6. The summed E-state index contributed by atoms with van der Waals surface area (Å²) in [5.41, 5.74) is 0. The zero-order valence-electron chi connectivity index (χ0n) is 9.30. The van der Waals surface area contributed by atoms with Crippen LogP contribution >= 0.6 is 7.91 Å². The van der Waals surface area contributed by atoms with Crippen LogP contribution in [0.5, 0.6) is 0 Å². The minimum atomic E-state index is -7.01. The summed E-state index contributed by atoms with van der Waals surface area (Å²) in [6, 6.07) is 0. The van der Waals surface area contributed by atoms with Gasteiger partial charge in [-0.1, -0.05) is 0 Å². The maximum absolute atomic E-state index is 12.5. The first-order valence-corrected chi connectivity index (χ1v) is 6.60. The van der Waals surface area contributed by atoms with E-state index in [1.165, 1.54) is 12.2 Å². The second-order valence-electron chi connectivity index (χ2n) is 3.14. The fraction of sp³-hybridized carbons (Fsp3) is 0.556. The number of hydrogen-bond donors (Lipinski definition) is 2. The standard InChI is InChI=1S/C9H17F2O5P/c1-3-5-14-7-9(8-15-6-4-2)16-17(10,11,12)13/h3-4,9,12-13H,1-2,5-8H2. The van der Waals surface area contributed by atoms with Crippen molar-refractivity contribution in [3.05, 3.63) is 25.3 Å². The van der Waals surface area contributed by atoms with Crippen LogP contribution < -0.4 is 0 Å². The zero-order valence-corrected chi connectivity index (χ0v) is 10.2. The van der Waals surface area contributed by atoms with E-state index in [2.05, 4.69) is 17.7 Å². The molecule has 2 N–H and O–H groups in total. The molecule has 0 radical (unpaired) electrons. The molecule has 17 heavy (non-hydrogen) atoms. The van der Waals surface area contributed by atoms with Gasteiger partial charge in [-0.3, -0.25) is 0 Å². The van der Waals surface area contributed by atoms with Gasteiger partial charge in [0.05, 0.1) is 0 Å². The van der Waals surface area contributed by atoms with E-state index in [9.17, 15) is 8.39 Å². The molecule has 0 aromatic carbocycles.